The van der Waals surface area contributed by atoms with Crippen LogP contribution < -0.4 is 5.32 Å². The minimum atomic E-state index is -1.05. The van der Waals surface area contributed by atoms with E-state index in [1.165, 1.54) is 4.90 Å². The van der Waals surface area contributed by atoms with Crippen LogP contribution in [0.2, 0.25) is 0 Å². The Hall–Kier alpha value is -1.34. The van der Waals surface area contributed by atoms with Crippen molar-refractivity contribution >= 4 is 12.0 Å². The number of likely N-dealkylation sites (tertiary alicyclic amines) is 1. The molecule has 0 spiro atoms. The summed E-state index contributed by atoms with van der Waals surface area (Å²) in [5, 5.41) is 12.3. The van der Waals surface area contributed by atoms with E-state index in [1.807, 2.05) is 6.92 Å². The van der Waals surface area contributed by atoms with Gasteiger partial charge in [0.05, 0.1) is 19.8 Å². The van der Waals surface area contributed by atoms with Crippen LogP contribution in [0.25, 0.3) is 0 Å². The zero-order valence-electron chi connectivity index (χ0n) is 12.9. The van der Waals surface area contributed by atoms with Gasteiger partial charge in [-0.3, -0.25) is 0 Å². The van der Waals surface area contributed by atoms with Crippen LogP contribution in [0.15, 0.2) is 0 Å². The largest absolute Gasteiger partial charge is 0.479 e. The maximum absolute atomic E-state index is 12.2. The second-order valence-electron chi connectivity index (χ2n) is 5.18. The number of carbonyl (C=O) groups is 2. The number of ether oxygens (including phenoxy) is 2. The maximum Gasteiger partial charge on any atom is 0.329 e. The second-order valence-corrected chi connectivity index (χ2v) is 5.18. The molecule has 0 aromatic heterocycles. The van der Waals surface area contributed by atoms with Crippen LogP contribution in [0.3, 0.4) is 0 Å². The van der Waals surface area contributed by atoms with Gasteiger partial charge in [-0.2, -0.15) is 0 Å². The second kappa shape index (κ2) is 8.84. The van der Waals surface area contributed by atoms with Gasteiger partial charge in [-0.05, 0) is 19.3 Å². The fourth-order valence-corrected chi connectivity index (χ4v) is 2.75. The van der Waals surface area contributed by atoms with Gasteiger partial charge in [0.15, 0.2) is 0 Å². The number of carboxylic acids is 1. The third-order valence-corrected chi connectivity index (χ3v) is 3.75. The molecule has 0 bridgehead atoms. The van der Waals surface area contributed by atoms with E-state index in [2.05, 4.69) is 5.32 Å². The van der Waals surface area contributed by atoms with E-state index in [0.29, 0.717) is 45.8 Å². The molecule has 1 rings (SSSR count). The first kappa shape index (κ1) is 17.7. The van der Waals surface area contributed by atoms with E-state index >= 15 is 0 Å². The molecular formula is C14H26N2O5. The summed E-state index contributed by atoms with van der Waals surface area (Å²) in [6.07, 6.45) is 2.47. The Morgan fingerprint density at radius 1 is 1.33 bits per heavy atom. The summed E-state index contributed by atoms with van der Waals surface area (Å²) in [5.74, 6) is -0.909. The third-order valence-electron chi connectivity index (χ3n) is 3.75. The first-order chi connectivity index (χ1) is 10.1. The van der Waals surface area contributed by atoms with Gasteiger partial charge in [0.2, 0.25) is 0 Å². The lowest BCUT2D eigenvalue weighted by molar-refractivity contribution is -0.148. The number of hydrogen-bond donors (Lipinski definition) is 2. The van der Waals surface area contributed by atoms with Crippen LogP contribution in [0.1, 0.15) is 32.6 Å². The maximum atomic E-state index is 12.2. The molecule has 2 N–H and O–H groups in total. The van der Waals surface area contributed by atoms with Gasteiger partial charge in [-0.15, -0.1) is 0 Å². The first-order valence-electron chi connectivity index (χ1n) is 7.44. The fraction of sp³-hybridized carbons (Fsp3) is 0.857. The first-order valence-corrected chi connectivity index (χ1v) is 7.44. The lowest BCUT2D eigenvalue weighted by Gasteiger charge is -2.34. The molecule has 2 amide bonds. The highest BCUT2D eigenvalue weighted by molar-refractivity contribution is 5.87. The van der Waals surface area contributed by atoms with E-state index in [1.54, 1.807) is 7.11 Å². The molecule has 1 aliphatic heterocycles. The summed E-state index contributed by atoms with van der Waals surface area (Å²) in [6.45, 7) is 4.16. The van der Waals surface area contributed by atoms with E-state index < -0.39 is 11.5 Å². The van der Waals surface area contributed by atoms with Crippen molar-refractivity contribution in [2.75, 3.05) is 40.0 Å². The molecule has 122 valence electrons. The van der Waals surface area contributed by atoms with Crippen molar-refractivity contribution in [3.05, 3.63) is 0 Å². The standard InChI is InChI=1S/C14H26N2O5/c1-3-5-14(12(17)18)6-4-8-16(14)13(19)15-7-9-21-11-10-20-2/h3-11H2,1-2H3,(H,15,19)(H,17,18). The summed E-state index contributed by atoms with van der Waals surface area (Å²) in [4.78, 5) is 25.3. The van der Waals surface area contributed by atoms with Gasteiger partial charge in [-0.25, -0.2) is 9.59 Å². The van der Waals surface area contributed by atoms with Crippen LogP contribution in [0, 0.1) is 0 Å². The number of carbonyl (C=O) groups excluding carboxylic acids is 1. The van der Waals surface area contributed by atoms with E-state index in [9.17, 15) is 14.7 Å². The molecule has 1 fully saturated rings. The predicted molar refractivity (Wildman–Crippen MR) is 77.3 cm³/mol. The molecular weight excluding hydrogens is 276 g/mol. The SMILES string of the molecule is CCCC1(C(=O)O)CCCN1C(=O)NCCOCCOC. The van der Waals surface area contributed by atoms with Gasteiger partial charge in [0, 0.05) is 20.2 Å². The number of nitrogens with zero attached hydrogens (tertiary/aromatic N) is 1. The lowest BCUT2D eigenvalue weighted by atomic mass is 9.91. The Kier molecular flexibility index (Phi) is 7.45. The summed E-state index contributed by atoms with van der Waals surface area (Å²) < 4.78 is 10.1. The number of carboxylic acid groups (broad SMARTS) is 1. The molecule has 7 heteroatoms. The fourth-order valence-electron chi connectivity index (χ4n) is 2.75. The van der Waals surface area contributed by atoms with Crippen molar-refractivity contribution in [2.24, 2.45) is 0 Å². The van der Waals surface area contributed by atoms with Crippen molar-refractivity contribution in [1.82, 2.24) is 10.2 Å². The normalized spacial score (nSPS) is 21.5. The van der Waals surface area contributed by atoms with Crippen molar-refractivity contribution in [1.29, 1.82) is 0 Å². The number of hydrogen-bond acceptors (Lipinski definition) is 4. The smallest absolute Gasteiger partial charge is 0.329 e. The third kappa shape index (κ3) is 4.57. The number of aliphatic carboxylic acids is 1. The zero-order chi connectivity index (χ0) is 15.7. The van der Waals surface area contributed by atoms with Crippen molar-refractivity contribution in [2.45, 2.75) is 38.1 Å². The van der Waals surface area contributed by atoms with Gasteiger partial charge in [-0.1, -0.05) is 13.3 Å². The van der Waals surface area contributed by atoms with Crippen LogP contribution in [0.5, 0.6) is 0 Å². The molecule has 1 aliphatic rings. The van der Waals surface area contributed by atoms with E-state index in [4.69, 9.17) is 9.47 Å². The molecule has 1 atom stereocenters. The van der Waals surface area contributed by atoms with Gasteiger partial charge in [0.25, 0.3) is 0 Å². The molecule has 7 nitrogen and oxygen atoms in total. The number of amides is 2. The van der Waals surface area contributed by atoms with Crippen LogP contribution in [-0.4, -0.2) is 67.6 Å². The molecule has 0 aliphatic carbocycles. The minimum absolute atomic E-state index is 0.321. The summed E-state index contributed by atoms with van der Waals surface area (Å²) >= 11 is 0. The van der Waals surface area contributed by atoms with Crippen molar-refractivity contribution in [3.63, 3.8) is 0 Å². The molecule has 0 radical (unpaired) electrons. The zero-order valence-corrected chi connectivity index (χ0v) is 12.9. The van der Waals surface area contributed by atoms with E-state index in [0.717, 1.165) is 12.8 Å². The highest BCUT2D eigenvalue weighted by Gasteiger charge is 2.49. The number of urea groups is 1. The Balaban J connectivity index is 2.46. The van der Waals surface area contributed by atoms with Gasteiger partial charge in [0.1, 0.15) is 5.54 Å². The summed E-state index contributed by atoms with van der Waals surface area (Å²) in [5.41, 5.74) is -1.05. The quantitative estimate of drug-likeness (QED) is 0.622. The summed E-state index contributed by atoms with van der Waals surface area (Å²) in [7, 11) is 1.59. The minimum Gasteiger partial charge on any atom is -0.479 e. The van der Waals surface area contributed by atoms with Crippen LogP contribution in [0.4, 0.5) is 4.79 Å². The molecule has 0 aromatic rings. The summed E-state index contributed by atoms with van der Waals surface area (Å²) in [6, 6.07) is -0.321. The molecule has 21 heavy (non-hydrogen) atoms. The molecule has 1 unspecified atom stereocenters. The topological polar surface area (TPSA) is 88.1 Å². The molecule has 1 saturated heterocycles. The van der Waals surface area contributed by atoms with Crippen molar-refractivity contribution < 1.29 is 24.2 Å². The molecule has 0 saturated carbocycles. The Bertz CT molecular complexity index is 350. The highest BCUT2D eigenvalue weighted by Crippen LogP contribution is 2.33. The van der Waals surface area contributed by atoms with Gasteiger partial charge < -0.3 is 24.8 Å². The highest BCUT2D eigenvalue weighted by atomic mass is 16.5. The van der Waals surface area contributed by atoms with Crippen LogP contribution >= 0.6 is 0 Å². The Labute approximate surface area is 125 Å². The lowest BCUT2D eigenvalue weighted by Crippen LogP contribution is -2.56. The average molecular weight is 302 g/mol. The predicted octanol–water partition coefficient (Wildman–Crippen LogP) is 1.08. The van der Waals surface area contributed by atoms with Crippen LogP contribution in [-0.2, 0) is 14.3 Å². The monoisotopic (exact) mass is 302 g/mol. The Morgan fingerprint density at radius 2 is 2.10 bits per heavy atom. The average Bonchev–Trinajstić information content (AvgIpc) is 2.88. The molecule has 1 heterocycles. The number of methoxy groups -OCH3 is 1. The molecule has 0 aromatic carbocycles. The van der Waals surface area contributed by atoms with E-state index in [-0.39, 0.29) is 6.03 Å². The Morgan fingerprint density at radius 3 is 2.71 bits per heavy atom. The van der Waals surface area contributed by atoms with Crippen molar-refractivity contribution in [3.8, 4) is 0 Å². The number of nitrogens with one attached hydrogen (secondary N) is 1. The number of rotatable bonds is 9. The van der Waals surface area contributed by atoms with Gasteiger partial charge >= 0.3 is 12.0 Å².